The summed E-state index contributed by atoms with van der Waals surface area (Å²) in [5, 5.41) is 1.21. The third-order valence-corrected chi connectivity index (χ3v) is 2.83. The van der Waals surface area contributed by atoms with Crippen LogP contribution in [0.1, 0.15) is 25.5 Å². The van der Waals surface area contributed by atoms with E-state index in [0.717, 1.165) is 11.5 Å². The second-order valence-electron chi connectivity index (χ2n) is 4.27. The Balaban J connectivity index is 2.55. The van der Waals surface area contributed by atoms with Crippen molar-refractivity contribution < 1.29 is 0 Å². The van der Waals surface area contributed by atoms with Gasteiger partial charge in [-0.15, -0.1) is 0 Å². The van der Waals surface area contributed by atoms with E-state index in [9.17, 15) is 0 Å². The Kier molecular flexibility index (Phi) is 1.93. The summed E-state index contributed by atoms with van der Waals surface area (Å²) in [6.45, 7) is 4.32. The third-order valence-electron chi connectivity index (χ3n) is 2.83. The van der Waals surface area contributed by atoms with Gasteiger partial charge in [-0.1, -0.05) is 32.0 Å². The van der Waals surface area contributed by atoms with Crippen molar-refractivity contribution in [2.24, 2.45) is 0 Å². The number of rotatable bonds is 1. The number of hydrogen-bond donors (Lipinski definition) is 0. The predicted octanol–water partition coefficient (Wildman–Crippen LogP) is 3.01. The molecule has 0 fully saturated rings. The number of imidazole rings is 1. The van der Waals surface area contributed by atoms with Crippen LogP contribution in [0.15, 0.2) is 36.7 Å². The van der Waals surface area contributed by atoms with Gasteiger partial charge in [-0.2, -0.15) is 0 Å². The summed E-state index contributed by atoms with van der Waals surface area (Å²) in [4.78, 5) is 8.88. The predicted molar refractivity (Wildman–Crippen MR) is 64.6 cm³/mol. The number of fused-ring (bicyclic) bond motifs is 3. The molecule has 0 radical (unpaired) electrons. The van der Waals surface area contributed by atoms with Crippen LogP contribution < -0.4 is 0 Å². The van der Waals surface area contributed by atoms with Crippen LogP contribution in [0.3, 0.4) is 0 Å². The van der Waals surface area contributed by atoms with Crippen molar-refractivity contribution in [3.05, 3.63) is 42.4 Å². The monoisotopic (exact) mass is 211 g/mol. The van der Waals surface area contributed by atoms with Crippen LogP contribution in [0.25, 0.3) is 16.7 Å². The highest BCUT2D eigenvalue weighted by Crippen LogP contribution is 2.24. The molecule has 0 saturated heterocycles. The molecule has 3 aromatic rings. The fraction of sp³-hybridized carbons (Fsp3) is 0.231. The van der Waals surface area contributed by atoms with Gasteiger partial charge in [0.25, 0.3) is 0 Å². The zero-order chi connectivity index (χ0) is 11.1. The molecule has 0 aliphatic carbocycles. The molecule has 2 heterocycles. The summed E-state index contributed by atoms with van der Waals surface area (Å²) in [5.41, 5.74) is 2.29. The lowest BCUT2D eigenvalue weighted by molar-refractivity contribution is 0.832. The molecule has 3 rings (SSSR count). The van der Waals surface area contributed by atoms with E-state index in [-0.39, 0.29) is 0 Å². The summed E-state index contributed by atoms with van der Waals surface area (Å²) in [6, 6.07) is 8.33. The highest BCUT2D eigenvalue weighted by molar-refractivity contribution is 5.83. The smallest absolute Gasteiger partial charge is 0.234 e. The van der Waals surface area contributed by atoms with Gasteiger partial charge >= 0.3 is 0 Å². The van der Waals surface area contributed by atoms with Crippen molar-refractivity contribution in [3.8, 4) is 0 Å². The highest BCUT2D eigenvalue weighted by atomic mass is 15.1. The Morgan fingerprint density at radius 2 is 2.00 bits per heavy atom. The van der Waals surface area contributed by atoms with Crippen LogP contribution in [0.4, 0.5) is 0 Å². The summed E-state index contributed by atoms with van der Waals surface area (Å²) < 4.78 is 2.03. The molecule has 0 bridgehead atoms. The van der Waals surface area contributed by atoms with Crippen LogP contribution in [0.2, 0.25) is 0 Å². The summed E-state index contributed by atoms with van der Waals surface area (Å²) >= 11 is 0. The maximum absolute atomic E-state index is 4.61. The molecule has 80 valence electrons. The Morgan fingerprint density at radius 1 is 1.19 bits per heavy atom. The Morgan fingerprint density at radius 3 is 2.81 bits per heavy atom. The Bertz CT molecular complexity index is 652. The van der Waals surface area contributed by atoms with Crippen molar-refractivity contribution >= 4 is 16.7 Å². The van der Waals surface area contributed by atoms with Gasteiger partial charge in [0.05, 0.1) is 11.2 Å². The topological polar surface area (TPSA) is 30.2 Å². The molecule has 0 atom stereocenters. The SMILES string of the molecule is CC(C)c1nc2nccn2c2ccccc12. The second kappa shape index (κ2) is 3.30. The van der Waals surface area contributed by atoms with E-state index < -0.39 is 0 Å². The standard InChI is InChI=1S/C13H13N3/c1-9(2)12-10-5-3-4-6-11(10)16-8-7-14-13(16)15-12/h3-9H,1-2H3. The van der Waals surface area contributed by atoms with E-state index in [4.69, 9.17) is 0 Å². The Labute approximate surface area is 93.8 Å². The lowest BCUT2D eigenvalue weighted by Gasteiger charge is -2.10. The lowest BCUT2D eigenvalue weighted by Crippen LogP contribution is -1.99. The molecule has 16 heavy (non-hydrogen) atoms. The van der Waals surface area contributed by atoms with Gasteiger partial charge in [0.15, 0.2) is 0 Å². The molecular weight excluding hydrogens is 198 g/mol. The molecule has 3 nitrogen and oxygen atoms in total. The number of aromatic nitrogens is 3. The van der Waals surface area contributed by atoms with E-state index >= 15 is 0 Å². The minimum absolute atomic E-state index is 0.409. The van der Waals surface area contributed by atoms with Gasteiger partial charge in [0, 0.05) is 17.8 Å². The average molecular weight is 211 g/mol. The van der Waals surface area contributed by atoms with Crippen molar-refractivity contribution in [1.82, 2.24) is 14.4 Å². The van der Waals surface area contributed by atoms with Crippen LogP contribution >= 0.6 is 0 Å². The van der Waals surface area contributed by atoms with E-state index in [1.165, 1.54) is 10.9 Å². The van der Waals surface area contributed by atoms with Crippen LogP contribution in [0.5, 0.6) is 0 Å². The number of para-hydroxylation sites is 1. The number of benzene rings is 1. The lowest BCUT2D eigenvalue weighted by atomic mass is 10.0. The van der Waals surface area contributed by atoms with Crippen molar-refractivity contribution in [3.63, 3.8) is 0 Å². The molecule has 0 aliphatic rings. The third kappa shape index (κ3) is 1.21. The van der Waals surface area contributed by atoms with Gasteiger partial charge in [-0.3, -0.25) is 4.40 Å². The largest absolute Gasteiger partial charge is 0.284 e. The average Bonchev–Trinajstić information content (AvgIpc) is 2.75. The van der Waals surface area contributed by atoms with Gasteiger partial charge in [-0.25, -0.2) is 9.97 Å². The fourth-order valence-electron chi connectivity index (χ4n) is 2.07. The van der Waals surface area contributed by atoms with Crippen LogP contribution in [-0.4, -0.2) is 14.4 Å². The molecule has 0 unspecified atom stereocenters. The molecule has 0 saturated carbocycles. The fourth-order valence-corrected chi connectivity index (χ4v) is 2.07. The molecule has 1 aromatic carbocycles. The van der Waals surface area contributed by atoms with Crippen molar-refractivity contribution in [2.75, 3.05) is 0 Å². The number of hydrogen-bond acceptors (Lipinski definition) is 2. The van der Waals surface area contributed by atoms with Gasteiger partial charge < -0.3 is 0 Å². The first-order chi connectivity index (χ1) is 7.77. The van der Waals surface area contributed by atoms with E-state index in [2.05, 4.69) is 42.0 Å². The maximum atomic E-state index is 4.61. The van der Waals surface area contributed by atoms with Crippen molar-refractivity contribution in [1.29, 1.82) is 0 Å². The molecular formula is C13H13N3. The minimum atomic E-state index is 0.409. The highest BCUT2D eigenvalue weighted by Gasteiger charge is 2.10. The van der Waals surface area contributed by atoms with Crippen LogP contribution in [-0.2, 0) is 0 Å². The summed E-state index contributed by atoms with van der Waals surface area (Å²) in [7, 11) is 0. The second-order valence-corrected chi connectivity index (χ2v) is 4.27. The van der Waals surface area contributed by atoms with Gasteiger partial charge in [0.2, 0.25) is 5.78 Å². The maximum Gasteiger partial charge on any atom is 0.234 e. The first-order valence-corrected chi connectivity index (χ1v) is 5.49. The van der Waals surface area contributed by atoms with Crippen molar-refractivity contribution in [2.45, 2.75) is 19.8 Å². The summed E-state index contributed by atoms with van der Waals surface area (Å²) in [5.74, 6) is 1.19. The Hall–Kier alpha value is -1.90. The first kappa shape index (κ1) is 9.33. The number of nitrogens with zero attached hydrogens (tertiary/aromatic N) is 3. The van der Waals surface area contributed by atoms with Gasteiger partial charge in [-0.05, 0) is 12.0 Å². The molecule has 2 aromatic heterocycles. The van der Waals surface area contributed by atoms with E-state index in [1.54, 1.807) is 6.20 Å². The normalized spacial score (nSPS) is 11.7. The molecule has 3 heteroatoms. The van der Waals surface area contributed by atoms with E-state index in [1.807, 2.05) is 16.7 Å². The molecule has 0 N–H and O–H groups in total. The zero-order valence-corrected chi connectivity index (χ0v) is 9.38. The zero-order valence-electron chi connectivity index (χ0n) is 9.38. The molecule has 0 aliphatic heterocycles. The quantitative estimate of drug-likeness (QED) is 0.619. The first-order valence-electron chi connectivity index (χ1n) is 5.49. The summed E-state index contributed by atoms with van der Waals surface area (Å²) in [6.07, 6.45) is 3.74. The molecule has 0 amide bonds. The van der Waals surface area contributed by atoms with Crippen LogP contribution in [0, 0.1) is 0 Å². The minimum Gasteiger partial charge on any atom is -0.284 e. The van der Waals surface area contributed by atoms with Gasteiger partial charge in [0.1, 0.15) is 0 Å². The van der Waals surface area contributed by atoms with E-state index in [0.29, 0.717) is 5.92 Å². The molecule has 0 spiro atoms.